The average Bonchev–Trinajstić information content (AvgIpc) is 2.78. The van der Waals surface area contributed by atoms with Gasteiger partial charge >= 0.3 is 0 Å². The minimum atomic E-state index is -0.253. The van der Waals surface area contributed by atoms with Crippen molar-refractivity contribution in [3.8, 4) is 11.3 Å². The van der Waals surface area contributed by atoms with E-state index in [1.807, 2.05) is 6.07 Å². The van der Waals surface area contributed by atoms with Crippen molar-refractivity contribution in [2.45, 2.75) is 25.8 Å². The van der Waals surface area contributed by atoms with Crippen LogP contribution in [0.15, 0.2) is 30.5 Å². The molecule has 0 fully saturated rings. The van der Waals surface area contributed by atoms with Crippen molar-refractivity contribution in [3.05, 3.63) is 42.1 Å². The van der Waals surface area contributed by atoms with Crippen LogP contribution in [0.1, 0.15) is 31.6 Å². The third kappa shape index (κ3) is 2.71. The molecule has 2 rings (SSSR count). The van der Waals surface area contributed by atoms with Crippen LogP contribution in [0.25, 0.3) is 11.3 Å². The van der Waals surface area contributed by atoms with Crippen LogP contribution in [0.3, 0.4) is 0 Å². The zero-order valence-corrected chi connectivity index (χ0v) is 9.78. The Balaban J connectivity index is 2.23. The van der Waals surface area contributed by atoms with Crippen LogP contribution in [-0.4, -0.2) is 9.97 Å². The topological polar surface area (TPSA) is 54.7 Å². The van der Waals surface area contributed by atoms with Gasteiger partial charge in [-0.05, 0) is 18.6 Å². The number of aromatic nitrogens is 2. The maximum Gasteiger partial charge on any atom is 0.123 e. The Morgan fingerprint density at radius 2 is 2.29 bits per heavy atom. The number of hydrogen-bond donors (Lipinski definition) is 2. The summed E-state index contributed by atoms with van der Waals surface area (Å²) >= 11 is 0. The highest BCUT2D eigenvalue weighted by Gasteiger charge is 2.10. The molecule has 0 aliphatic carbocycles. The number of rotatable bonds is 4. The number of H-pyrrole nitrogens is 1. The number of aromatic amines is 1. The van der Waals surface area contributed by atoms with Gasteiger partial charge in [-0.25, -0.2) is 9.37 Å². The minimum Gasteiger partial charge on any atom is -0.341 e. The molecule has 0 saturated heterocycles. The van der Waals surface area contributed by atoms with Gasteiger partial charge in [0.25, 0.3) is 0 Å². The summed E-state index contributed by atoms with van der Waals surface area (Å²) in [4.78, 5) is 7.38. The monoisotopic (exact) mass is 233 g/mol. The van der Waals surface area contributed by atoms with E-state index in [-0.39, 0.29) is 11.9 Å². The van der Waals surface area contributed by atoms with E-state index in [1.54, 1.807) is 12.3 Å². The van der Waals surface area contributed by atoms with Crippen LogP contribution in [0, 0.1) is 5.82 Å². The van der Waals surface area contributed by atoms with Crippen molar-refractivity contribution in [2.24, 2.45) is 5.73 Å². The zero-order chi connectivity index (χ0) is 12.3. The largest absolute Gasteiger partial charge is 0.341 e. The number of benzene rings is 1. The number of hydrogen-bond acceptors (Lipinski definition) is 2. The van der Waals surface area contributed by atoms with Gasteiger partial charge in [0.2, 0.25) is 0 Å². The molecule has 90 valence electrons. The van der Waals surface area contributed by atoms with Gasteiger partial charge in [-0.2, -0.15) is 0 Å². The minimum absolute atomic E-state index is 0.0812. The molecule has 0 spiro atoms. The second-order valence-electron chi connectivity index (χ2n) is 4.09. The summed E-state index contributed by atoms with van der Waals surface area (Å²) in [5, 5.41) is 0. The molecule has 4 heteroatoms. The molecule has 0 radical (unpaired) electrons. The first-order chi connectivity index (χ1) is 8.20. The fourth-order valence-electron chi connectivity index (χ4n) is 1.78. The van der Waals surface area contributed by atoms with E-state index in [2.05, 4.69) is 16.9 Å². The van der Waals surface area contributed by atoms with E-state index in [1.165, 1.54) is 12.1 Å². The molecular weight excluding hydrogens is 217 g/mol. The fraction of sp³-hybridized carbons (Fsp3) is 0.308. The Bertz CT molecular complexity index is 493. The molecule has 3 nitrogen and oxygen atoms in total. The molecule has 0 aliphatic heterocycles. The van der Waals surface area contributed by atoms with E-state index in [4.69, 9.17) is 5.73 Å². The maximum atomic E-state index is 13.1. The molecule has 0 saturated carbocycles. The summed E-state index contributed by atoms with van der Waals surface area (Å²) in [5.74, 6) is 0.502. The summed E-state index contributed by atoms with van der Waals surface area (Å²) in [7, 11) is 0. The SMILES string of the molecule is CCCC(N)c1ncc(-c2cccc(F)c2)[nH]1. The van der Waals surface area contributed by atoms with Gasteiger partial charge in [0.15, 0.2) is 0 Å². The highest BCUT2D eigenvalue weighted by Crippen LogP contribution is 2.20. The normalized spacial score (nSPS) is 12.6. The second kappa shape index (κ2) is 5.10. The van der Waals surface area contributed by atoms with Crippen molar-refractivity contribution < 1.29 is 4.39 Å². The van der Waals surface area contributed by atoms with Gasteiger partial charge in [-0.1, -0.05) is 25.5 Å². The molecule has 1 aromatic heterocycles. The van der Waals surface area contributed by atoms with E-state index < -0.39 is 0 Å². The number of imidazole rings is 1. The molecule has 0 amide bonds. The highest BCUT2D eigenvalue weighted by atomic mass is 19.1. The number of nitrogens with one attached hydrogen (secondary N) is 1. The molecule has 1 aromatic carbocycles. The number of nitrogens with zero attached hydrogens (tertiary/aromatic N) is 1. The Hall–Kier alpha value is -1.68. The van der Waals surface area contributed by atoms with Gasteiger partial charge < -0.3 is 10.7 Å². The Morgan fingerprint density at radius 3 is 3.00 bits per heavy atom. The lowest BCUT2D eigenvalue weighted by atomic mass is 10.1. The second-order valence-corrected chi connectivity index (χ2v) is 4.09. The van der Waals surface area contributed by atoms with Crippen molar-refractivity contribution in [1.82, 2.24) is 9.97 Å². The Kier molecular flexibility index (Phi) is 3.54. The summed E-state index contributed by atoms with van der Waals surface area (Å²) in [6, 6.07) is 6.33. The molecule has 1 atom stereocenters. The molecule has 0 aliphatic rings. The number of nitrogens with two attached hydrogens (primary N) is 1. The first-order valence-corrected chi connectivity index (χ1v) is 5.77. The Morgan fingerprint density at radius 1 is 1.47 bits per heavy atom. The predicted molar refractivity (Wildman–Crippen MR) is 65.8 cm³/mol. The van der Waals surface area contributed by atoms with E-state index >= 15 is 0 Å². The van der Waals surface area contributed by atoms with Gasteiger partial charge in [0.1, 0.15) is 11.6 Å². The standard InChI is InChI=1S/C13H16FN3/c1-2-4-11(15)13-16-8-12(17-13)9-5-3-6-10(14)7-9/h3,5-8,11H,2,4,15H2,1H3,(H,16,17). The van der Waals surface area contributed by atoms with E-state index in [0.717, 1.165) is 29.9 Å². The average molecular weight is 233 g/mol. The highest BCUT2D eigenvalue weighted by molar-refractivity contribution is 5.58. The van der Waals surface area contributed by atoms with Crippen molar-refractivity contribution in [1.29, 1.82) is 0 Å². The van der Waals surface area contributed by atoms with Crippen molar-refractivity contribution in [3.63, 3.8) is 0 Å². The van der Waals surface area contributed by atoms with Crippen LogP contribution in [0.4, 0.5) is 4.39 Å². The summed E-state index contributed by atoms with van der Waals surface area (Å²) < 4.78 is 13.1. The third-order valence-corrected chi connectivity index (χ3v) is 2.68. The van der Waals surface area contributed by atoms with E-state index in [9.17, 15) is 4.39 Å². The molecule has 2 aromatic rings. The third-order valence-electron chi connectivity index (χ3n) is 2.68. The summed E-state index contributed by atoms with van der Waals surface area (Å²) in [6.07, 6.45) is 3.59. The van der Waals surface area contributed by atoms with Gasteiger partial charge in [-0.15, -0.1) is 0 Å². The summed E-state index contributed by atoms with van der Waals surface area (Å²) in [6.45, 7) is 2.08. The van der Waals surface area contributed by atoms with Crippen molar-refractivity contribution in [2.75, 3.05) is 0 Å². The zero-order valence-electron chi connectivity index (χ0n) is 9.78. The Labute approximate surface area is 99.9 Å². The first kappa shape index (κ1) is 11.8. The number of halogens is 1. The van der Waals surface area contributed by atoms with E-state index in [0.29, 0.717) is 0 Å². The van der Waals surface area contributed by atoms with Gasteiger partial charge in [0.05, 0.1) is 17.9 Å². The van der Waals surface area contributed by atoms with Crippen LogP contribution in [0.5, 0.6) is 0 Å². The lowest BCUT2D eigenvalue weighted by Crippen LogP contribution is -2.11. The van der Waals surface area contributed by atoms with Crippen LogP contribution in [-0.2, 0) is 0 Å². The first-order valence-electron chi connectivity index (χ1n) is 5.77. The molecule has 1 heterocycles. The van der Waals surface area contributed by atoms with Crippen LogP contribution in [0.2, 0.25) is 0 Å². The lowest BCUT2D eigenvalue weighted by Gasteiger charge is -2.05. The lowest BCUT2D eigenvalue weighted by molar-refractivity contribution is 0.609. The fourth-order valence-corrected chi connectivity index (χ4v) is 1.78. The van der Waals surface area contributed by atoms with Crippen LogP contribution < -0.4 is 5.73 Å². The smallest absolute Gasteiger partial charge is 0.123 e. The molecule has 3 N–H and O–H groups in total. The molecular formula is C13H16FN3. The molecule has 17 heavy (non-hydrogen) atoms. The molecule has 1 unspecified atom stereocenters. The van der Waals surface area contributed by atoms with Crippen molar-refractivity contribution >= 4 is 0 Å². The maximum absolute atomic E-state index is 13.1. The van der Waals surface area contributed by atoms with Crippen LogP contribution >= 0.6 is 0 Å². The van der Waals surface area contributed by atoms with Gasteiger partial charge in [0, 0.05) is 5.56 Å². The quantitative estimate of drug-likeness (QED) is 0.852. The summed E-state index contributed by atoms with van der Waals surface area (Å²) in [5.41, 5.74) is 7.54. The predicted octanol–water partition coefficient (Wildman–Crippen LogP) is 3.02. The molecule has 0 bridgehead atoms. The van der Waals surface area contributed by atoms with Gasteiger partial charge in [-0.3, -0.25) is 0 Å².